The molecule has 0 aliphatic rings. The molecule has 0 fully saturated rings. The lowest BCUT2D eigenvalue weighted by Gasteiger charge is -2.05. The normalized spacial score (nSPS) is 10.7. The van der Waals surface area contributed by atoms with Crippen molar-refractivity contribution in [3.63, 3.8) is 0 Å². The predicted octanol–water partition coefficient (Wildman–Crippen LogP) is 4.05. The van der Waals surface area contributed by atoms with Crippen molar-refractivity contribution in [2.45, 2.75) is 10.9 Å². The molecule has 1 aromatic carbocycles. The summed E-state index contributed by atoms with van der Waals surface area (Å²) in [5.74, 6) is 1.43. The van der Waals surface area contributed by atoms with Crippen molar-refractivity contribution in [1.29, 1.82) is 0 Å². The Bertz CT molecular complexity index is 734. The fraction of sp³-hybridized carbons (Fsp3) is 0.200. The van der Waals surface area contributed by atoms with E-state index in [0.29, 0.717) is 18.9 Å². The molecule has 0 aliphatic heterocycles. The minimum atomic E-state index is -0.349. The zero-order chi connectivity index (χ0) is 15.9. The number of thioether (sulfide) groups is 1. The Kier molecular flexibility index (Phi) is 5.49. The van der Waals surface area contributed by atoms with Crippen LogP contribution in [0.1, 0.15) is 5.76 Å². The van der Waals surface area contributed by atoms with Crippen LogP contribution in [0.3, 0.4) is 0 Å². The van der Waals surface area contributed by atoms with E-state index in [-0.39, 0.29) is 11.6 Å². The van der Waals surface area contributed by atoms with Crippen LogP contribution in [-0.2, 0) is 6.54 Å². The molecule has 2 aromatic heterocycles. The molecule has 0 spiro atoms. The fourth-order valence-corrected chi connectivity index (χ4v) is 3.39. The zero-order valence-corrected chi connectivity index (χ0v) is 13.7. The number of aromatic nitrogens is 2. The van der Waals surface area contributed by atoms with Crippen molar-refractivity contribution in [3.05, 3.63) is 54.2 Å². The largest absolute Gasteiger partial charge is 0.490 e. The summed E-state index contributed by atoms with van der Waals surface area (Å²) in [5, 5.41) is 12.0. The van der Waals surface area contributed by atoms with Crippen LogP contribution >= 0.6 is 23.1 Å². The average Bonchev–Trinajstić information content (AvgIpc) is 3.23. The topological polar surface area (TPSA) is 60.2 Å². The van der Waals surface area contributed by atoms with Gasteiger partial charge in [-0.2, -0.15) is 0 Å². The van der Waals surface area contributed by atoms with Gasteiger partial charge in [0.15, 0.2) is 15.9 Å². The molecule has 120 valence electrons. The Hall–Kier alpha value is -2.06. The molecule has 1 N–H and O–H groups in total. The van der Waals surface area contributed by atoms with E-state index in [2.05, 4.69) is 15.5 Å². The van der Waals surface area contributed by atoms with Gasteiger partial charge < -0.3 is 14.5 Å². The number of hydrogen-bond donors (Lipinski definition) is 1. The summed E-state index contributed by atoms with van der Waals surface area (Å²) in [6.45, 7) is 0.975. The highest BCUT2D eigenvalue weighted by molar-refractivity contribution is 8.01. The SMILES string of the molecule is Fc1ccccc1OCCSc1nnc(NCc2ccco2)s1. The van der Waals surface area contributed by atoms with E-state index >= 15 is 0 Å². The Balaban J connectivity index is 1.40. The Labute approximate surface area is 140 Å². The molecule has 0 saturated carbocycles. The molecule has 23 heavy (non-hydrogen) atoms. The van der Waals surface area contributed by atoms with Gasteiger partial charge in [-0.05, 0) is 24.3 Å². The highest BCUT2D eigenvalue weighted by Crippen LogP contribution is 2.26. The van der Waals surface area contributed by atoms with Crippen LogP contribution in [0.4, 0.5) is 9.52 Å². The number of nitrogens with one attached hydrogen (secondary N) is 1. The van der Waals surface area contributed by atoms with Crippen LogP contribution < -0.4 is 10.1 Å². The van der Waals surface area contributed by atoms with Gasteiger partial charge in [-0.15, -0.1) is 10.2 Å². The first-order valence-electron chi connectivity index (χ1n) is 6.91. The monoisotopic (exact) mass is 351 g/mol. The predicted molar refractivity (Wildman–Crippen MR) is 88.6 cm³/mol. The maximum absolute atomic E-state index is 13.4. The van der Waals surface area contributed by atoms with Crippen molar-refractivity contribution in [3.8, 4) is 5.75 Å². The van der Waals surface area contributed by atoms with Crippen LogP contribution in [0.5, 0.6) is 5.75 Å². The number of halogens is 1. The van der Waals surface area contributed by atoms with Gasteiger partial charge in [-0.1, -0.05) is 35.2 Å². The molecular weight excluding hydrogens is 337 g/mol. The van der Waals surface area contributed by atoms with Crippen molar-refractivity contribution in [1.82, 2.24) is 10.2 Å². The minimum absolute atomic E-state index is 0.270. The standard InChI is InChI=1S/C15H14FN3O2S2/c16-12-5-1-2-6-13(12)21-8-9-22-15-19-18-14(23-15)17-10-11-4-3-7-20-11/h1-7H,8-10H2,(H,17,18). The molecular formula is C15H14FN3O2S2. The van der Waals surface area contributed by atoms with Crippen molar-refractivity contribution in [2.75, 3.05) is 17.7 Å². The van der Waals surface area contributed by atoms with E-state index < -0.39 is 0 Å². The second-order valence-electron chi connectivity index (χ2n) is 4.43. The van der Waals surface area contributed by atoms with E-state index in [1.807, 2.05) is 12.1 Å². The second kappa shape index (κ2) is 7.98. The molecule has 0 amide bonds. The van der Waals surface area contributed by atoms with Crippen LogP contribution in [0.2, 0.25) is 0 Å². The Morgan fingerprint density at radius 3 is 2.96 bits per heavy atom. The van der Waals surface area contributed by atoms with Crippen LogP contribution in [-0.4, -0.2) is 22.6 Å². The molecule has 0 unspecified atom stereocenters. The van der Waals surface area contributed by atoms with Crippen LogP contribution in [0, 0.1) is 5.82 Å². The molecule has 0 bridgehead atoms. The van der Waals surface area contributed by atoms with Gasteiger partial charge in [0, 0.05) is 5.75 Å². The van der Waals surface area contributed by atoms with Gasteiger partial charge in [0.05, 0.1) is 19.4 Å². The Morgan fingerprint density at radius 1 is 1.22 bits per heavy atom. The van der Waals surface area contributed by atoms with Crippen molar-refractivity contribution >= 4 is 28.2 Å². The average molecular weight is 351 g/mol. The lowest BCUT2D eigenvalue weighted by Crippen LogP contribution is -2.01. The molecule has 5 nitrogen and oxygen atoms in total. The molecule has 0 aliphatic carbocycles. The first kappa shape index (κ1) is 15.8. The molecule has 0 atom stereocenters. The summed E-state index contributed by atoms with van der Waals surface area (Å²) in [7, 11) is 0. The number of hydrogen-bond acceptors (Lipinski definition) is 7. The second-order valence-corrected chi connectivity index (χ2v) is 6.75. The molecule has 3 aromatic rings. The van der Waals surface area contributed by atoms with Gasteiger partial charge in [-0.3, -0.25) is 0 Å². The van der Waals surface area contributed by atoms with Crippen molar-refractivity contribution < 1.29 is 13.5 Å². The van der Waals surface area contributed by atoms with Crippen LogP contribution in [0.25, 0.3) is 0 Å². The summed E-state index contributed by atoms with van der Waals surface area (Å²) >= 11 is 2.99. The fourth-order valence-electron chi connectivity index (χ4n) is 1.76. The smallest absolute Gasteiger partial charge is 0.206 e. The third kappa shape index (κ3) is 4.70. The van der Waals surface area contributed by atoms with Crippen molar-refractivity contribution in [2.24, 2.45) is 0 Å². The van der Waals surface area contributed by atoms with E-state index in [0.717, 1.165) is 15.2 Å². The van der Waals surface area contributed by atoms with Gasteiger partial charge in [0.1, 0.15) is 5.76 Å². The summed E-state index contributed by atoms with van der Waals surface area (Å²) in [4.78, 5) is 0. The van der Waals surface area contributed by atoms with E-state index in [1.54, 1.807) is 24.5 Å². The molecule has 8 heteroatoms. The summed E-state index contributed by atoms with van der Waals surface area (Å²) in [6, 6.07) is 10.1. The molecule has 3 rings (SSSR count). The summed E-state index contributed by atoms with van der Waals surface area (Å²) < 4.78 is 24.8. The lowest BCUT2D eigenvalue weighted by atomic mass is 10.3. The molecule has 0 saturated heterocycles. The third-order valence-corrected chi connectivity index (χ3v) is 4.78. The summed E-state index contributed by atoms with van der Waals surface area (Å²) in [5.41, 5.74) is 0. The van der Waals surface area contributed by atoms with Gasteiger partial charge in [0.2, 0.25) is 5.13 Å². The molecule has 2 heterocycles. The number of ether oxygens (including phenoxy) is 1. The number of anilines is 1. The van der Waals surface area contributed by atoms with E-state index in [4.69, 9.17) is 9.15 Å². The maximum Gasteiger partial charge on any atom is 0.206 e. The molecule has 0 radical (unpaired) electrons. The van der Waals surface area contributed by atoms with Gasteiger partial charge in [0.25, 0.3) is 0 Å². The number of para-hydroxylation sites is 1. The number of furan rings is 1. The zero-order valence-electron chi connectivity index (χ0n) is 12.1. The first-order valence-corrected chi connectivity index (χ1v) is 8.71. The highest BCUT2D eigenvalue weighted by Gasteiger charge is 2.06. The number of benzene rings is 1. The maximum atomic E-state index is 13.4. The van der Waals surface area contributed by atoms with Crippen LogP contribution in [0.15, 0.2) is 51.4 Å². The van der Waals surface area contributed by atoms with Gasteiger partial charge >= 0.3 is 0 Å². The lowest BCUT2D eigenvalue weighted by molar-refractivity contribution is 0.325. The van der Waals surface area contributed by atoms with Gasteiger partial charge in [-0.25, -0.2) is 4.39 Å². The van der Waals surface area contributed by atoms with E-state index in [9.17, 15) is 4.39 Å². The quantitative estimate of drug-likeness (QED) is 0.488. The number of rotatable bonds is 8. The summed E-state index contributed by atoms with van der Waals surface area (Å²) in [6.07, 6.45) is 1.63. The third-order valence-electron chi connectivity index (χ3n) is 2.80. The highest BCUT2D eigenvalue weighted by atomic mass is 32.2. The van der Waals surface area contributed by atoms with E-state index in [1.165, 1.54) is 29.2 Å². The first-order chi connectivity index (χ1) is 11.3. The Morgan fingerprint density at radius 2 is 2.13 bits per heavy atom. The number of nitrogens with zero attached hydrogens (tertiary/aromatic N) is 2. The minimum Gasteiger partial charge on any atom is -0.490 e.